The summed E-state index contributed by atoms with van der Waals surface area (Å²) in [5.41, 5.74) is -0.977. The van der Waals surface area contributed by atoms with Gasteiger partial charge in [-0.3, -0.25) is 9.59 Å². The molecule has 4 heteroatoms. The van der Waals surface area contributed by atoms with E-state index >= 15 is 0 Å². The Morgan fingerprint density at radius 2 is 1.87 bits per heavy atom. The van der Waals surface area contributed by atoms with Crippen molar-refractivity contribution in [2.75, 3.05) is 6.54 Å². The van der Waals surface area contributed by atoms with Gasteiger partial charge < -0.3 is 10.4 Å². The van der Waals surface area contributed by atoms with Gasteiger partial charge in [0, 0.05) is 13.0 Å². The molecule has 0 saturated heterocycles. The van der Waals surface area contributed by atoms with Gasteiger partial charge in [-0.2, -0.15) is 0 Å². The lowest BCUT2D eigenvalue weighted by molar-refractivity contribution is -0.149. The molecule has 0 radical (unpaired) electrons. The third-order valence-corrected chi connectivity index (χ3v) is 2.28. The molecule has 4 nitrogen and oxygen atoms in total. The lowest BCUT2D eigenvalue weighted by Gasteiger charge is -2.18. The van der Waals surface area contributed by atoms with Gasteiger partial charge in [0.25, 0.3) is 0 Å². The third-order valence-electron chi connectivity index (χ3n) is 2.28. The van der Waals surface area contributed by atoms with Gasteiger partial charge in [0.2, 0.25) is 5.91 Å². The number of carboxylic acids is 1. The molecule has 0 aromatic heterocycles. The average molecular weight is 215 g/mol. The summed E-state index contributed by atoms with van der Waals surface area (Å²) in [4.78, 5) is 22.1. The van der Waals surface area contributed by atoms with E-state index in [1.807, 2.05) is 0 Å². The Kier molecular flexibility index (Phi) is 5.97. The lowest BCUT2D eigenvalue weighted by Crippen LogP contribution is -2.33. The number of nitrogens with one attached hydrogen (secondary N) is 1. The van der Waals surface area contributed by atoms with E-state index in [1.54, 1.807) is 13.8 Å². The Bertz CT molecular complexity index is 224. The van der Waals surface area contributed by atoms with Gasteiger partial charge in [-0.25, -0.2) is 0 Å². The van der Waals surface area contributed by atoms with Crippen molar-refractivity contribution in [1.29, 1.82) is 0 Å². The highest BCUT2D eigenvalue weighted by molar-refractivity contribution is 5.84. The van der Waals surface area contributed by atoms with Crippen molar-refractivity contribution in [2.45, 2.75) is 46.5 Å². The van der Waals surface area contributed by atoms with Crippen molar-refractivity contribution in [3.63, 3.8) is 0 Å². The lowest BCUT2D eigenvalue weighted by atomic mass is 9.89. The van der Waals surface area contributed by atoms with Crippen LogP contribution in [0.2, 0.25) is 0 Å². The number of unbranched alkanes of at least 4 members (excludes halogenated alkanes) is 2. The summed E-state index contributed by atoms with van der Waals surface area (Å²) in [5.74, 6) is -1.12. The molecule has 0 aliphatic heterocycles. The van der Waals surface area contributed by atoms with E-state index in [1.165, 1.54) is 0 Å². The van der Waals surface area contributed by atoms with Crippen LogP contribution in [0.5, 0.6) is 0 Å². The first-order chi connectivity index (χ1) is 6.90. The zero-order chi connectivity index (χ0) is 11.9. The first kappa shape index (κ1) is 13.9. The van der Waals surface area contributed by atoms with E-state index in [-0.39, 0.29) is 12.3 Å². The molecule has 0 aromatic rings. The highest BCUT2D eigenvalue weighted by Crippen LogP contribution is 2.19. The molecule has 2 N–H and O–H groups in total. The van der Waals surface area contributed by atoms with E-state index in [0.717, 1.165) is 19.3 Å². The fraction of sp³-hybridized carbons (Fsp3) is 0.818. The number of rotatable bonds is 7. The molecule has 1 amide bonds. The van der Waals surface area contributed by atoms with Crippen LogP contribution in [0.1, 0.15) is 46.5 Å². The maximum atomic E-state index is 11.4. The summed E-state index contributed by atoms with van der Waals surface area (Å²) in [7, 11) is 0. The zero-order valence-corrected chi connectivity index (χ0v) is 9.80. The second-order valence-electron chi connectivity index (χ2n) is 4.42. The Labute approximate surface area is 91.1 Å². The van der Waals surface area contributed by atoms with Gasteiger partial charge in [-0.1, -0.05) is 19.8 Å². The molecule has 0 heterocycles. The number of hydrogen-bond donors (Lipinski definition) is 2. The minimum Gasteiger partial charge on any atom is -0.481 e. The van der Waals surface area contributed by atoms with Crippen LogP contribution < -0.4 is 5.32 Å². The van der Waals surface area contributed by atoms with E-state index in [9.17, 15) is 9.59 Å². The second kappa shape index (κ2) is 6.43. The highest BCUT2D eigenvalue weighted by Gasteiger charge is 2.29. The van der Waals surface area contributed by atoms with Gasteiger partial charge in [0.05, 0.1) is 5.41 Å². The fourth-order valence-electron chi connectivity index (χ4n) is 1.14. The van der Waals surface area contributed by atoms with Crippen LogP contribution in [0, 0.1) is 5.41 Å². The molecule has 0 unspecified atom stereocenters. The molecule has 0 bridgehead atoms. The first-order valence-electron chi connectivity index (χ1n) is 5.40. The van der Waals surface area contributed by atoms with Crippen LogP contribution in [0.25, 0.3) is 0 Å². The molecule has 0 rings (SSSR count). The Hall–Kier alpha value is -1.06. The Morgan fingerprint density at radius 3 is 2.33 bits per heavy atom. The summed E-state index contributed by atoms with van der Waals surface area (Å²) in [6.07, 6.45) is 3.18. The van der Waals surface area contributed by atoms with Crippen molar-refractivity contribution in [2.24, 2.45) is 5.41 Å². The minimum atomic E-state index is -0.977. The quantitative estimate of drug-likeness (QED) is 0.636. The molecule has 15 heavy (non-hydrogen) atoms. The van der Waals surface area contributed by atoms with Gasteiger partial charge in [-0.15, -0.1) is 0 Å². The largest absolute Gasteiger partial charge is 0.481 e. The number of hydrogen-bond acceptors (Lipinski definition) is 2. The van der Waals surface area contributed by atoms with Crippen LogP contribution in [0.4, 0.5) is 0 Å². The standard InChI is InChI=1S/C11H21NO3/c1-4-5-6-7-12-9(13)8-11(2,3)10(14)15/h4-8H2,1-3H3,(H,12,13)(H,14,15). The molecule has 88 valence electrons. The van der Waals surface area contributed by atoms with Crippen LogP contribution in [-0.4, -0.2) is 23.5 Å². The van der Waals surface area contributed by atoms with E-state index < -0.39 is 11.4 Å². The summed E-state index contributed by atoms with van der Waals surface area (Å²) >= 11 is 0. The number of amides is 1. The summed E-state index contributed by atoms with van der Waals surface area (Å²) in [6.45, 7) is 5.85. The Morgan fingerprint density at radius 1 is 1.27 bits per heavy atom. The van der Waals surface area contributed by atoms with Gasteiger partial charge in [0.15, 0.2) is 0 Å². The van der Waals surface area contributed by atoms with Crippen molar-refractivity contribution in [3.8, 4) is 0 Å². The van der Waals surface area contributed by atoms with Crippen molar-refractivity contribution < 1.29 is 14.7 Å². The summed E-state index contributed by atoms with van der Waals surface area (Å²) in [5, 5.41) is 11.5. The maximum Gasteiger partial charge on any atom is 0.309 e. The molecule has 0 spiro atoms. The van der Waals surface area contributed by atoms with Gasteiger partial charge >= 0.3 is 5.97 Å². The smallest absolute Gasteiger partial charge is 0.309 e. The molecule has 0 aliphatic carbocycles. The van der Waals surface area contributed by atoms with Crippen LogP contribution in [-0.2, 0) is 9.59 Å². The molecule has 0 aromatic carbocycles. The van der Waals surface area contributed by atoms with Gasteiger partial charge in [-0.05, 0) is 20.3 Å². The average Bonchev–Trinajstić information content (AvgIpc) is 2.11. The molecule has 0 atom stereocenters. The van der Waals surface area contributed by atoms with Crippen LogP contribution >= 0.6 is 0 Å². The summed E-state index contributed by atoms with van der Waals surface area (Å²) in [6, 6.07) is 0. The summed E-state index contributed by atoms with van der Waals surface area (Å²) < 4.78 is 0. The number of carbonyl (C=O) groups excluding carboxylic acids is 1. The Balaban J connectivity index is 3.79. The molecule has 0 fully saturated rings. The topological polar surface area (TPSA) is 66.4 Å². The van der Waals surface area contributed by atoms with Crippen molar-refractivity contribution in [3.05, 3.63) is 0 Å². The SMILES string of the molecule is CCCCCNC(=O)CC(C)(C)C(=O)O. The normalized spacial score (nSPS) is 11.1. The number of aliphatic carboxylic acids is 1. The van der Waals surface area contributed by atoms with Gasteiger partial charge in [0.1, 0.15) is 0 Å². The molecular weight excluding hydrogens is 194 g/mol. The molecule has 0 saturated carbocycles. The molecule has 0 aliphatic rings. The van der Waals surface area contributed by atoms with E-state index in [4.69, 9.17) is 5.11 Å². The third kappa shape index (κ3) is 6.10. The van der Waals surface area contributed by atoms with E-state index in [2.05, 4.69) is 12.2 Å². The highest BCUT2D eigenvalue weighted by atomic mass is 16.4. The number of carboxylic acid groups (broad SMARTS) is 1. The maximum absolute atomic E-state index is 11.4. The second-order valence-corrected chi connectivity index (χ2v) is 4.42. The van der Waals surface area contributed by atoms with Crippen LogP contribution in [0.3, 0.4) is 0 Å². The minimum absolute atomic E-state index is 0.0362. The predicted octanol–water partition coefficient (Wildman–Crippen LogP) is 1.79. The number of carbonyl (C=O) groups is 2. The monoisotopic (exact) mass is 215 g/mol. The van der Waals surface area contributed by atoms with E-state index in [0.29, 0.717) is 6.54 Å². The zero-order valence-electron chi connectivity index (χ0n) is 9.80. The van der Waals surface area contributed by atoms with Crippen molar-refractivity contribution >= 4 is 11.9 Å². The predicted molar refractivity (Wildman–Crippen MR) is 58.6 cm³/mol. The van der Waals surface area contributed by atoms with Crippen LogP contribution in [0.15, 0.2) is 0 Å². The fourth-order valence-corrected chi connectivity index (χ4v) is 1.14. The molecular formula is C11H21NO3. The van der Waals surface area contributed by atoms with Crippen molar-refractivity contribution in [1.82, 2.24) is 5.32 Å². The first-order valence-corrected chi connectivity index (χ1v) is 5.40.